The SMILES string of the molecule is CC1=NN[C@H]2N[C@@H](c3ccc(N(C)C)cc3)C3=C(CC(C)(C)CC3=O)[C@H]12. The Morgan fingerprint density at radius 1 is 1.15 bits per heavy atom. The zero-order valence-corrected chi connectivity index (χ0v) is 16.3. The van der Waals surface area contributed by atoms with Gasteiger partial charge in [0, 0.05) is 37.5 Å². The average molecular weight is 352 g/mol. The summed E-state index contributed by atoms with van der Waals surface area (Å²) < 4.78 is 0. The summed E-state index contributed by atoms with van der Waals surface area (Å²) in [5, 5.41) is 8.11. The molecular weight excluding hydrogens is 324 g/mol. The third-order valence-electron chi connectivity index (χ3n) is 5.87. The fraction of sp³-hybridized carbons (Fsp3) is 0.524. The highest BCUT2D eigenvalue weighted by Gasteiger charge is 2.47. The third kappa shape index (κ3) is 2.75. The van der Waals surface area contributed by atoms with E-state index in [9.17, 15) is 4.79 Å². The second-order valence-corrected chi connectivity index (χ2v) is 8.80. The predicted molar refractivity (Wildman–Crippen MR) is 105 cm³/mol. The van der Waals surface area contributed by atoms with Crippen molar-refractivity contribution >= 4 is 17.2 Å². The Hall–Kier alpha value is -2.14. The van der Waals surface area contributed by atoms with Crippen LogP contribution in [0.2, 0.25) is 0 Å². The summed E-state index contributed by atoms with van der Waals surface area (Å²) in [6.07, 6.45) is 1.63. The number of anilines is 1. The topological polar surface area (TPSA) is 56.7 Å². The van der Waals surface area contributed by atoms with Crippen LogP contribution in [-0.4, -0.2) is 31.8 Å². The largest absolute Gasteiger partial charge is 0.378 e. The van der Waals surface area contributed by atoms with Crippen molar-refractivity contribution in [2.75, 3.05) is 19.0 Å². The molecule has 0 unspecified atom stereocenters. The van der Waals surface area contributed by atoms with Gasteiger partial charge in [-0.05, 0) is 42.0 Å². The number of nitrogens with one attached hydrogen (secondary N) is 2. The lowest BCUT2D eigenvalue weighted by molar-refractivity contribution is -0.118. The highest BCUT2D eigenvalue weighted by Crippen LogP contribution is 2.47. The minimum atomic E-state index is -0.0698. The lowest BCUT2D eigenvalue weighted by Crippen LogP contribution is -2.52. The van der Waals surface area contributed by atoms with Crippen molar-refractivity contribution in [3.05, 3.63) is 41.0 Å². The van der Waals surface area contributed by atoms with Gasteiger partial charge in [-0.25, -0.2) is 0 Å². The van der Waals surface area contributed by atoms with Gasteiger partial charge in [0.05, 0.1) is 12.0 Å². The van der Waals surface area contributed by atoms with Crippen LogP contribution < -0.4 is 15.6 Å². The molecule has 4 rings (SSSR count). The molecule has 1 aromatic rings. The molecule has 2 N–H and O–H groups in total. The molecule has 0 saturated carbocycles. The zero-order valence-electron chi connectivity index (χ0n) is 16.3. The van der Waals surface area contributed by atoms with Crippen molar-refractivity contribution in [2.24, 2.45) is 16.4 Å². The summed E-state index contributed by atoms with van der Waals surface area (Å²) in [7, 11) is 4.07. The van der Waals surface area contributed by atoms with E-state index in [1.54, 1.807) is 0 Å². The standard InChI is InChI=1S/C21H28N4O/c1-12-17-15-10-21(2,3)11-16(26)18(15)19(22-20(17)24-23-12)13-6-8-14(9-7-13)25(4)5/h6-9,17,19-20,22,24H,10-11H2,1-5H3/t17-,19-,20+/m0/s1. The normalized spacial score (nSPS) is 29.7. The molecule has 2 aliphatic heterocycles. The molecule has 0 radical (unpaired) electrons. The molecular formula is C21H28N4O. The Labute approximate surface area is 155 Å². The van der Waals surface area contributed by atoms with E-state index in [4.69, 9.17) is 0 Å². The van der Waals surface area contributed by atoms with Crippen LogP contribution in [0, 0.1) is 11.3 Å². The fourth-order valence-electron chi connectivity index (χ4n) is 4.64. The first kappa shape index (κ1) is 17.3. The summed E-state index contributed by atoms with van der Waals surface area (Å²) in [4.78, 5) is 15.2. The van der Waals surface area contributed by atoms with Gasteiger partial charge >= 0.3 is 0 Å². The minimum Gasteiger partial charge on any atom is -0.378 e. The Bertz CT molecular complexity index is 804. The summed E-state index contributed by atoms with van der Waals surface area (Å²) in [5.41, 5.74) is 8.87. The molecule has 1 aromatic carbocycles. The number of carbonyl (C=O) groups excluding carboxylic acids is 1. The number of hydrogen-bond donors (Lipinski definition) is 2. The molecule has 0 spiro atoms. The van der Waals surface area contributed by atoms with Crippen LogP contribution >= 0.6 is 0 Å². The van der Waals surface area contributed by atoms with Gasteiger partial charge in [0.1, 0.15) is 6.17 Å². The van der Waals surface area contributed by atoms with Gasteiger partial charge < -0.3 is 4.90 Å². The minimum absolute atomic E-state index is 0.0139. The predicted octanol–water partition coefficient (Wildman–Crippen LogP) is 3.00. The van der Waals surface area contributed by atoms with E-state index in [1.807, 2.05) is 14.1 Å². The Kier molecular flexibility index (Phi) is 3.95. The monoisotopic (exact) mass is 352 g/mol. The van der Waals surface area contributed by atoms with E-state index < -0.39 is 0 Å². The lowest BCUT2D eigenvalue weighted by atomic mass is 9.66. The van der Waals surface area contributed by atoms with E-state index in [2.05, 4.69) is 65.8 Å². The molecule has 0 fully saturated rings. The zero-order chi connectivity index (χ0) is 18.6. The summed E-state index contributed by atoms with van der Waals surface area (Å²) in [5.74, 6) is 0.467. The van der Waals surface area contributed by atoms with Gasteiger partial charge in [0.15, 0.2) is 5.78 Å². The van der Waals surface area contributed by atoms with Gasteiger partial charge in [-0.3, -0.25) is 15.5 Å². The molecule has 3 atom stereocenters. The number of carbonyl (C=O) groups is 1. The maximum Gasteiger partial charge on any atom is 0.161 e. The Balaban J connectivity index is 1.79. The molecule has 2 heterocycles. The quantitative estimate of drug-likeness (QED) is 0.859. The van der Waals surface area contributed by atoms with E-state index in [0.29, 0.717) is 6.42 Å². The second-order valence-electron chi connectivity index (χ2n) is 8.80. The molecule has 1 aliphatic carbocycles. The van der Waals surface area contributed by atoms with Crippen LogP contribution in [0.1, 0.15) is 45.2 Å². The smallest absolute Gasteiger partial charge is 0.161 e. The van der Waals surface area contributed by atoms with Crippen LogP contribution in [-0.2, 0) is 4.79 Å². The first-order chi connectivity index (χ1) is 12.3. The molecule has 0 amide bonds. The van der Waals surface area contributed by atoms with Crippen LogP contribution in [0.5, 0.6) is 0 Å². The Morgan fingerprint density at radius 3 is 2.50 bits per heavy atom. The fourth-order valence-corrected chi connectivity index (χ4v) is 4.64. The first-order valence-electron chi connectivity index (χ1n) is 9.36. The van der Waals surface area contributed by atoms with E-state index >= 15 is 0 Å². The number of fused-ring (bicyclic) bond motifs is 2. The number of benzene rings is 1. The number of hydrogen-bond acceptors (Lipinski definition) is 5. The number of ketones is 1. The summed E-state index contributed by atoms with van der Waals surface area (Å²) >= 11 is 0. The van der Waals surface area contributed by atoms with Crippen molar-refractivity contribution in [3.63, 3.8) is 0 Å². The highest BCUT2D eigenvalue weighted by molar-refractivity contribution is 6.01. The van der Waals surface area contributed by atoms with Gasteiger partial charge in [0.2, 0.25) is 0 Å². The van der Waals surface area contributed by atoms with Crippen molar-refractivity contribution in [3.8, 4) is 0 Å². The number of nitrogens with zero attached hydrogens (tertiary/aromatic N) is 2. The van der Waals surface area contributed by atoms with Crippen LogP contribution in [0.3, 0.4) is 0 Å². The van der Waals surface area contributed by atoms with E-state index in [1.165, 1.54) is 5.57 Å². The van der Waals surface area contributed by atoms with Gasteiger partial charge in [-0.2, -0.15) is 5.10 Å². The van der Waals surface area contributed by atoms with Gasteiger partial charge in [0.25, 0.3) is 0 Å². The lowest BCUT2D eigenvalue weighted by Gasteiger charge is -2.43. The third-order valence-corrected chi connectivity index (χ3v) is 5.87. The number of rotatable bonds is 2. The highest BCUT2D eigenvalue weighted by atomic mass is 16.1. The second kappa shape index (κ2) is 5.95. The Morgan fingerprint density at radius 2 is 1.85 bits per heavy atom. The van der Waals surface area contributed by atoms with Crippen molar-refractivity contribution < 1.29 is 4.79 Å². The van der Waals surface area contributed by atoms with Crippen molar-refractivity contribution in [1.29, 1.82) is 0 Å². The maximum atomic E-state index is 13.1. The molecule has 5 nitrogen and oxygen atoms in total. The molecule has 26 heavy (non-hydrogen) atoms. The molecule has 0 saturated heterocycles. The first-order valence-corrected chi connectivity index (χ1v) is 9.36. The molecule has 138 valence electrons. The summed E-state index contributed by atoms with van der Waals surface area (Å²) in [6.45, 7) is 6.45. The van der Waals surface area contributed by atoms with Crippen LogP contribution in [0.4, 0.5) is 5.69 Å². The number of Topliss-reactive ketones (excluding diaryl/α,β-unsaturated/α-hetero) is 1. The maximum absolute atomic E-state index is 13.1. The molecule has 3 aliphatic rings. The van der Waals surface area contributed by atoms with Crippen molar-refractivity contribution in [1.82, 2.24) is 10.7 Å². The molecule has 0 aromatic heterocycles. The molecule has 0 bridgehead atoms. The molecule has 5 heteroatoms. The number of hydrazone groups is 1. The van der Waals surface area contributed by atoms with E-state index in [-0.39, 0.29) is 29.3 Å². The summed E-state index contributed by atoms with van der Waals surface area (Å²) in [6, 6.07) is 8.43. The van der Waals surface area contributed by atoms with Gasteiger partial charge in [-0.1, -0.05) is 26.0 Å². The van der Waals surface area contributed by atoms with Crippen LogP contribution in [0.25, 0.3) is 0 Å². The van der Waals surface area contributed by atoms with Crippen molar-refractivity contribution in [2.45, 2.75) is 45.8 Å². The average Bonchev–Trinajstić information content (AvgIpc) is 2.94. The van der Waals surface area contributed by atoms with Gasteiger partial charge in [-0.15, -0.1) is 0 Å². The van der Waals surface area contributed by atoms with Crippen LogP contribution in [0.15, 0.2) is 40.5 Å². The van der Waals surface area contributed by atoms with E-state index in [0.717, 1.165) is 29.0 Å².